The molecule has 1 N–H and O–H groups in total. The number of hydrogen-bond acceptors (Lipinski definition) is 4. The molecule has 0 unspecified atom stereocenters. The molecule has 1 aromatic heterocycles. The van der Waals surface area contributed by atoms with Gasteiger partial charge in [0.25, 0.3) is 0 Å². The van der Waals surface area contributed by atoms with Crippen LogP contribution in [-0.4, -0.2) is 16.8 Å². The van der Waals surface area contributed by atoms with Crippen LogP contribution in [-0.2, 0) is 4.79 Å². The van der Waals surface area contributed by atoms with Crippen molar-refractivity contribution in [1.82, 2.24) is 5.16 Å². The Morgan fingerprint density at radius 2 is 2.14 bits per heavy atom. The summed E-state index contributed by atoms with van der Waals surface area (Å²) in [6.07, 6.45) is 0. The van der Waals surface area contributed by atoms with Crippen LogP contribution in [0.3, 0.4) is 0 Å². The summed E-state index contributed by atoms with van der Waals surface area (Å²) in [4.78, 5) is 12.6. The third-order valence-corrected chi connectivity index (χ3v) is 4.37. The van der Waals surface area contributed by atoms with Crippen LogP contribution in [0.4, 0.5) is 5.88 Å². The molecule has 0 atom stereocenters. The molecule has 0 fully saturated rings. The summed E-state index contributed by atoms with van der Waals surface area (Å²) in [5, 5.41) is 7.69. The second kappa shape index (κ2) is 7.20. The van der Waals surface area contributed by atoms with Gasteiger partial charge in [0.15, 0.2) is 0 Å². The van der Waals surface area contributed by atoms with Gasteiger partial charge < -0.3 is 4.52 Å². The minimum absolute atomic E-state index is 0.192. The number of aromatic nitrogens is 1. The van der Waals surface area contributed by atoms with E-state index in [0.29, 0.717) is 15.9 Å². The maximum absolute atomic E-state index is 11.9. The lowest BCUT2D eigenvalue weighted by Crippen LogP contribution is -2.13. The van der Waals surface area contributed by atoms with E-state index in [1.807, 2.05) is 13.8 Å². The molecule has 112 valence electrons. The molecule has 7 heteroatoms. The molecule has 0 radical (unpaired) electrons. The van der Waals surface area contributed by atoms with Crippen LogP contribution < -0.4 is 5.32 Å². The van der Waals surface area contributed by atoms with Crippen molar-refractivity contribution in [3.63, 3.8) is 0 Å². The van der Waals surface area contributed by atoms with Crippen molar-refractivity contribution < 1.29 is 9.32 Å². The van der Waals surface area contributed by atoms with E-state index in [-0.39, 0.29) is 17.6 Å². The average molecular weight is 345 g/mol. The molecule has 1 aromatic carbocycles. The van der Waals surface area contributed by atoms with E-state index in [1.54, 1.807) is 24.3 Å². The van der Waals surface area contributed by atoms with Gasteiger partial charge in [0.2, 0.25) is 11.8 Å². The lowest BCUT2D eigenvalue weighted by atomic mass is 10.1. The second-order valence-corrected chi connectivity index (χ2v) is 6.54. The first kappa shape index (κ1) is 16.2. The first-order valence-corrected chi connectivity index (χ1v) is 8.04. The van der Waals surface area contributed by atoms with Crippen molar-refractivity contribution in [3.8, 4) is 0 Å². The predicted octanol–water partition coefficient (Wildman–Crippen LogP) is 4.84. The molecule has 21 heavy (non-hydrogen) atoms. The summed E-state index contributed by atoms with van der Waals surface area (Å²) < 4.78 is 5.05. The van der Waals surface area contributed by atoms with Crippen LogP contribution >= 0.6 is 35.0 Å². The molecule has 0 aliphatic heterocycles. The standard InChI is InChI=1S/C14H14Cl2N2O2S/c1-8(2)11-6-14(20-18-11)17-13(19)7-21-12-5-9(15)3-4-10(12)16/h3-6,8H,7H2,1-2H3,(H,17,19). The van der Waals surface area contributed by atoms with E-state index in [0.717, 1.165) is 10.6 Å². The predicted molar refractivity (Wildman–Crippen MR) is 86.4 cm³/mol. The van der Waals surface area contributed by atoms with Crippen molar-refractivity contribution in [2.45, 2.75) is 24.7 Å². The third kappa shape index (κ3) is 4.66. The van der Waals surface area contributed by atoms with Gasteiger partial charge in [-0.15, -0.1) is 11.8 Å². The number of nitrogens with one attached hydrogen (secondary N) is 1. The normalized spacial score (nSPS) is 10.9. The minimum atomic E-state index is -0.192. The number of nitrogens with zero attached hydrogens (tertiary/aromatic N) is 1. The number of benzene rings is 1. The molecular weight excluding hydrogens is 331 g/mol. The Morgan fingerprint density at radius 3 is 2.81 bits per heavy atom. The molecule has 0 aliphatic carbocycles. The highest BCUT2D eigenvalue weighted by atomic mass is 35.5. The number of anilines is 1. The van der Waals surface area contributed by atoms with Crippen LogP contribution in [0.1, 0.15) is 25.5 Å². The summed E-state index contributed by atoms with van der Waals surface area (Å²) in [6.45, 7) is 4.00. The van der Waals surface area contributed by atoms with Crippen molar-refractivity contribution in [3.05, 3.63) is 40.0 Å². The Labute approximate surface area is 137 Å². The number of halogens is 2. The van der Waals surface area contributed by atoms with Gasteiger partial charge in [-0.1, -0.05) is 42.2 Å². The molecule has 4 nitrogen and oxygen atoms in total. The molecule has 0 saturated carbocycles. The summed E-state index contributed by atoms with van der Waals surface area (Å²) in [6, 6.07) is 6.86. The van der Waals surface area contributed by atoms with Gasteiger partial charge in [-0.25, -0.2) is 0 Å². The SMILES string of the molecule is CC(C)c1cc(NC(=O)CSc2cc(Cl)ccc2Cl)on1. The monoisotopic (exact) mass is 344 g/mol. The fourth-order valence-electron chi connectivity index (χ4n) is 1.52. The van der Waals surface area contributed by atoms with Crippen molar-refractivity contribution in [2.24, 2.45) is 0 Å². The number of thioether (sulfide) groups is 1. The van der Waals surface area contributed by atoms with Crippen LogP contribution in [0.25, 0.3) is 0 Å². The molecule has 0 saturated heterocycles. The molecule has 0 spiro atoms. The van der Waals surface area contributed by atoms with Gasteiger partial charge in [-0.05, 0) is 24.1 Å². The molecule has 1 amide bonds. The topological polar surface area (TPSA) is 55.1 Å². The van der Waals surface area contributed by atoms with E-state index in [4.69, 9.17) is 27.7 Å². The van der Waals surface area contributed by atoms with E-state index in [2.05, 4.69) is 10.5 Å². The number of carbonyl (C=O) groups excluding carboxylic acids is 1. The fraction of sp³-hybridized carbons (Fsp3) is 0.286. The quantitative estimate of drug-likeness (QED) is 0.788. The zero-order valence-corrected chi connectivity index (χ0v) is 13.9. The third-order valence-electron chi connectivity index (χ3n) is 2.63. The van der Waals surface area contributed by atoms with Crippen LogP contribution in [0.5, 0.6) is 0 Å². The average Bonchev–Trinajstić information content (AvgIpc) is 2.88. The van der Waals surface area contributed by atoms with E-state index in [1.165, 1.54) is 11.8 Å². The lowest BCUT2D eigenvalue weighted by Gasteiger charge is -2.04. The van der Waals surface area contributed by atoms with Crippen LogP contribution in [0.2, 0.25) is 10.0 Å². The van der Waals surface area contributed by atoms with Crippen molar-refractivity contribution in [2.75, 3.05) is 11.1 Å². The first-order valence-electron chi connectivity index (χ1n) is 6.30. The Balaban J connectivity index is 1.91. The fourth-order valence-corrected chi connectivity index (χ4v) is 2.82. The maximum Gasteiger partial charge on any atom is 0.237 e. The molecule has 0 bridgehead atoms. The molecule has 2 rings (SSSR count). The summed E-state index contributed by atoms with van der Waals surface area (Å²) >= 11 is 13.2. The number of hydrogen-bond donors (Lipinski definition) is 1. The zero-order chi connectivity index (χ0) is 15.4. The molecule has 1 heterocycles. The number of rotatable bonds is 5. The number of carbonyl (C=O) groups is 1. The second-order valence-electron chi connectivity index (χ2n) is 4.68. The highest BCUT2D eigenvalue weighted by Crippen LogP contribution is 2.30. The smallest absolute Gasteiger partial charge is 0.237 e. The van der Waals surface area contributed by atoms with Crippen LogP contribution in [0, 0.1) is 0 Å². The number of amides is 1. The van der Waals surface area contributed by atoms with E-state index < -0.39 is 0 Å². The minimum Gasteiger partial charge on any atom is -0.338 e. The molecule has 2 aromatic rings. The summed E-state index contributed by atoms with van der Waals surface area (Å²) in [5.74, 6) is 0.612. The van der Waals surface area contributed by atoms with Gasteiger partial charge in [-0.3, -0.25) is 10.1 Å². The van der Waals surface area contributed by atoms with Gasteiger partial charge in [0.1, 0.15) is 0 Å². The van der Waals surface area contributed by atoms with Gasteiger partial charge in [0.05, 0.1) is 16.5 Å². The highest BCUT2D eigenvalue weighted by molar-refractivity contribution is 8.00. The van der Waals surface area contributed by atoms with Crippen molar-refractivity contribution in [1.29, 1.82) is 0 Å². The molecular formula is C14H14Cl2N2O2S. The lowest BCUT2D eigenvalue weighted by molar-refractivity contribution is -0.113. The van der Waals surface area contributed by atoms with Gasteiger partial charge >= 0.3 is 0 Å². The van der Waals surface area contributed by atoms with Crippen LogP contribution in [0.15, 0.2) is 33.7 Å². The Kier molecular flexibility index (Phi) is 5.56. The van der Waals surface area contributed by atoms with Gasteiger partial charge in [0, 0.05) is 16.0 Å². The van der Waals surface area contributed by atoms with E-state index >= 15 is 0 Å². The first-order chi connectivity index (χ1) is 9.95. The molecule has 0 aliphatic rings. The van der Waals surface area contributed by atoms with Crippen molar-refractivity contribution >= 4 is 46.8 Å². The van der Waals surface area contributed by atoms with E-state index in [9.17, 15) is 4.79 Å². The Bertz CT molecular complexity index is 644. The Hall–Kier alpha value is -1.17. The summed E-state index contributed by atoms with van der Waals surface area (Å²) in [7, 11) is 0. The zero-order valence-electron chi connectivity index (χ0n) is 11.5. The largest absolute Gasteiger partial charge is 0.338 e. The van der Waals surface area contributed by atoms with Gasteiger partial charge in [-0.2, -0.15) is 0 Å². The summed E-state index contributed by atoms with van der Waals surface area (Å²) in [5.41, 5.74) is 0.802. The maximum atomic E-state index is 11.9. The highest BCUT2D eigenvalue weighted by Gasteiger charge is 2.11. The Morgan fingerprint density at radius 1 is 1.38 bits per heavy atom.